The zero-order valence-electron chi connectivity index (χ0n) is 10.4. The number of hydrogen-bond donors (Lipinski definition) is 1. The largest absolute Gasteiger partial charge is 0.320 e. The van der Waals surface area contributed by atoms with Gasteiger partial charge in [-0.25, -0.2) is 8.78 Å². The molecule has 0 aromatic carbocycles. The predicted octanol–water partition coefficient (Wildman–Crippen LogP) is 1.71. The second-order valence-electron chi connectivity index (χ2n) is 4.09. The summed E-state index contributed by atoms with van der Waals surface area (Å²) in [6, 6.07) is 4.48. The summed E-state index contributed by atoms with van der Waals surface area (Å²) >= 11 is 0. The molecule has 3 aromatic heterocycles. The van der Waals surface area contributed by atoms with Crippen molar-refractivity contribution < 1.29 is 13.6 Å². The Balaban J connectivity index is 1.93. The monoisotopic (exact) mass is 290 g/mol. The van der Waals surface area contributed by atoms with Crippen LogP contribution < -0.4 is 5.32 Å². The van der Waals surface area contributed by atoms with Gasteiger partial charge in [0.05, 0.1) is 23.6 Å². The Morgan fingerprint density at radius 1 is 1.19 bits per heavy atom. The van der Waals surface area contributed by atoms with Gasteiger partial charge in [0.2, 0.25) is 5.82 Å². The molecule has 106 valence electrons. The van der Waals surface area contributed by atoms with Gasteiger partial charge < -0.3 is 5.32 Å². The first-order valence-corrected chi connectivity index (χ1v) is 5.86. The van der Waals surface area contributed by atoms with Gasteiger partial charge in [0, 0.05) is 6.20 Å². The number of pyridine rings is 1. The number of aromatic nitrogens is 5. The molecule has 3 heterocycles. The van der Waals surface area contributed by atoms with Gasteiger partial charge in [-0.05, 0) is 18.2 Å². The Morgan fingerprint density at radius 3 is 2.76 bits per heavy atom. The van der Waals surface area contributed by atoms with Crippen LogP contribution in [0.1, 0.15) is 22.6 Å². The molecule has 0 radical (unpaired) electrons. The van der Waals surface area contributed by atoms with E-state index in [9.17, 15) is 13.6 Å². The molecule has 1 amide bonds. The van der Waals surface area contributed by atoms with Crippen molar-refractivity contribution in [3.63, 3.8) is 0 Å². The maximum Gasteiger partial charge on any atom is 0.297 e. The average Bonchev–Trinajstić information content (AvgIpc) is 2.91. The lowest BCUT2D eigenvalue weighted by Crippen LogP contribution is -2.13. The van der Waals surface area contributed by atoms with Crippen molar-refractivity contribution in [1.82, 2.24) is 24.8 Å². The SMILES string of the molecule is O=C(Nc1ccnnc1)c1ccc2nnc(C(F)F)n2c1. The molecule has 3 rings (SSSR count). The second kappa shape index (κ2) is 5.19. The summed E-state index contributed by atoms with van der Waals surface area (Å²) in [6.45, 7) is 0. The lowest BCUT2D eigenvalue weighted by Gasteiger charge is -2.05. The Morgan fingerprint density at radius 2 is 2.05 bits per heavy atom. The van der Waals surface area contributed by atoms with Crippen LogP contribution in [-0.4, -0.2) is 30.7 Å². The summed E-state index contributed by atoms with van der Waals surface area (Å²) in [5.74, 6) is -0.968. The Labute approximate surface area is 116 Å². The summed E-state index contributed by atoms with van der Waals surface area (Å²) in [4.78, 5) is 12.1. The predicted molar refractivity (Wildman–Crippen MR) is 67.9 cm³/mol. The Kier molecular flexibility index (Phi) is 3.22. The van der Waals surface area contributed by atoms with Crippen LogP contribution >= 0.6 is 0 Å². The number of anilines is 1. The summed E-state index contributed by atoms with van der Waals surface area (Å²) in [7, 11) is 0. The van der Waals surface area contributed by atoms with E-state index < -0.39 is 18.2 Å². The van der Waals surface area contributed by atoms with Crippen LogP contribution in [0.25, 0.3) is 5.65 Å². The van der Waals surface area contributed by atoms with E-state index in [1.54, 1.807) is 6.07 Å². The Bertz CT molecular complexity index is 789. The van der Waals surface area contributed by atoms with Gasteiger partial charge in [0.1, 0.15) is 0 Å². The van der Waals surface area contributed by atoms with Gasteiger partial charge in [-0.2, -0.15) is 10.2 Å². The van der Waals surface area contributed by atoms with E-state index in [2.05, 4.69) is 25.7 Å². The van der Waals surface area contributed by atoms with E-state index in [0.717, 1.165) is 4.40 Å². The van der Waals surface area contributed by atoms with Crippen molar-refractivity contribution in [3.8, 4) is 0 Å². The highest BCUT2D eigenvalue weighted by Gasteiger charge is 2.17. The summed E-state index contributed by atoms with van der Waals surface area (Å²) < 4.78 is 26.6. The maximum atomic E-state index is 12.8. The van der Waals surface area contributed by atoms with Gasteiger partial charge in [-0.15, -0.1) is 10.2 Å². The molecule has 0 aliphatic carbocycles. The third-order valence-corrected chi connectivity index (χ3v) is 2.73. The second-order valence-corrected chi connectivity index (χ2v) is 4.09. The smallest absolute Gasteiger partial charge is 0.297 e. The molecule has 0 aliphatic rings. The van der Waals surface area contributed by atoms with Crippen LogP contribution in [0.2, 0.25) is 0 Å². The van der Waals surface area contributed by atoms with Gasteiger partial charge in [-0.1, -0.05) is 0 Å². The molecule has 1 N–H and O–H groups in total. The zero-order valence-corrected chi connectivity index (χ0v) is 10.4. The molecule has 0 atom stereocenters. The van der Waals surface area contributed by atoms with Crippen LogP contribution in [0.3, 0.4) is 0 Å². The quantitative estimate of drug-likeness (QED) is 0.793. The molecule has 7 nitrogen and oxygen atoms in total. The number of carbonyl (C=O) groups excluding carboxylic acids is 1. The van der Waals surface area contributed by atoms with Crippen LogP contribution in [0.15, 0.2) is 36.8 Å². The van der Waals surface area contributed by atoms with Crippen molar-refractivity contribution in [2.24, 2.45) is 0 Å². The van der Waals surface area contributed by atoms with Crippen LogP contribution in [0.4, 0.5) is 14.5 Å². The minimum Gasteiger partial charge on any atom is -0.320 e. The molecule has 9 heteroatoms. The van der Waals surface area contributed by atoms with Crippen molar-refractivity contribution in [1.29, 1.82) is 0 Å². The van der Waals surface area contributed by atoms with E-state index in [1.807, 2.05) is 0 Å². The number of hydrogen-bond acceptors (Lipinski definition) is 5. The van der Waals surface area contributed by atoms with Gasteiger partial charge in [-0.3, -0.25) is 9.20 Å². The zero-order chi connectivity index (χ0) is 14.8. The van der Waals surface area contributed by atoms with Gasteiger partial charge in [0.15, 0.2) is 5.65 Å². The van der Waals surface area contributed by atoms with Crippen LogP contribution in [-0.2, 0) is 0 Å². The van der Waals surface area contributed by atoms with Crippen molar-refractivity contribution in [2.75, 3.05) is 5.32 Å². The van der Waals surface area contributed by atoms with Gasteiger partial charge in [0.25, 0.3) is 12.3 Å². The molecule has 0 spiro atoms. The number of nitrogens with one attached hydrogen (secondary N) is 1. The number of alkyl halides is 2. The molecule has 0 bridgehead atoms. The van der Waals surface area contributed by atoms with Crippen molar-refractivity contribution in [3.05, 3.63) is 48.2 Å². The van der Waals surface area contributed by atoms with Crippen molar-refractivity contribution >= 4 is 17.2 Å². The molecule has 0 aliphatic heterocycles. The third-order valence-electron chi connectivity index (χ3n) is 2.73. The first-order chi connectivity index (χ1) is 10.1. The minimum atomic E-state index is -2.78. The summed E-state index contributed by atoms with van der Waals surface area (Å²) in [5, 5.41) is 16.8. The number of fused-ring (bicyclic) bond motifs is 1. The van der Waals surface area contributed by atoms with Crippen molar-refractivity contribution in [2.45, 2.75) is 6.43 Å². The molecular formula is C12H8F2N6O. The molecular weight excluding hydrogens is 282 g/mol. The van der Waals surface area contributed by atoms with E-state index >= 15 is 0 Å². The summed E-state index contributed by atoms with van der Waals surface area (Å²) in [6.07, 6.45) is 1.29. The van der Waals surface area contributed by atoms with Crippen LogP contribution in [0.5, 0.6) is 0 Å². The normalized spacial score (nSPS) is 11.0. The lowest BCUT2D eigenvalue weighted by molar-refractivity contribution is 0.102. The number of rotatable bonds is 3. The molecule has 21 heavy (non-hydrogen) atoms. The standard InChI is InChI=1S/C12H8F2N6O/c13-10(14)11-19-18-9-2-1-7(6-20(9)11)12(21)17-8-3-4-15-16-5-8/h1-6,10H,(H,15,17,21). The topological polar surface area (TPSA) is 85.1 Å². The summed E-state index contributed by atoms with van der Waals surface area (Å²) in [5.41, 5.74) is 0.890. The molecule has 3 aromatic rings. The fraction of sp³-hybridized carbons (Fsp3) is 0.0833. The highest BCUT2D eigenvalue weighted by molar-refractivity contribution is 6.04. The molecule has 0 saturated carbocycles. The van der Waals surface area contributed by atoms with E-state index in [-0.39, 0.29) is 11.2 Å². The fourth-order valence-corrected chi connectivity index (χ4v) is 1.76. The van der Waals surface area contributed by atoms with Gasteiger partial charge >= 0.3 is 0 Å². The Hall–Kier alpha value is -2.97. The lowest BCUT2D eigenvalue weighted by atomic mass is 10.2. The first kappa shape index (κ1) is 13.0. The number of amides is 1. The highest BCUT2D eigenvalue weighted by atomic mass is 19.3. The number of halogens is 2. The van der Waals surface area contributed by atoms with E-state index in [4.69, 9.17) is 0 Å². The molecule has 0 saturated heterocycles. The molecule has 0 fully saturated rings. The number of carbonyl (C=O) groups is 1. The average molecular weight is 290 g/mol. The van der Waals surface area contributed by atoms with Crippen LogP contribution in [0, 0.1) is 0 Å². The minimum absolute atomic E-state index is 0.195. The van der Waals surface area contributed by atoms with E-state index in [0.29, 0.717) is 5.69 Å². The first-order valence-electron chi connectivity index (χ1n) is 5.86. The fourth-order valence-electron chi connectivity index (χ4n) is 1.76. The molecule has 0 unspecified atom stereocenters. The van der Waals surface area contributed by atoms with E-state index in [1.165, 1.54) is 30.7 Å². The maximum absolute atomic E-state index is 12.8. The number of nitrogens with zero attached hydrogens (tertiary/aromatic N) is 5. The highest BCUT2D eigenvalue weighted by Crippen LogP contribution is 2.18. The third kappa shape index (κ3) is 2.53.